The number of carbonyl (C=O) groups excluding carboxylic acids is 5. The normalized spacial score (nSPS) is 14.9. The standard InChI is InChI=1S/C53H78N2O7.C52H75NO8.C2H6/c1-5-6-7-8-9-10-11-12-13-14-15-16-17-18-19-20-21-22-26-29-51(57)55-41-49(62-52(58)39-38-50(56)54-2)40-46(55)42-61-53(43-27-24-23-25-28-43,44-30-34-47(59-3)35-31-44)45-32-36-48(60-4)37-33-45;1-4-5-6-7-8-9-10-11-12-13-14-15-16-17-18-19-20-21-25-28-49(54)53-40-48(61-51(57)38-37-50(55)56)39-45(53)41-60-52(42-26-23-22-24-27-42,43-29-33-46(58-2)34-30-43)44-31-35-47(59-3)36-32-44;1-2/h23-25,27-28,30-37,46,49H,5-22,26,29,38-42H2,1-4H3,(H,54,56);22-24,26-27,29-36,45,48H,4-21,25,28,37-41H2,1-3H3,(H,55,56);1-2H3/t46?,49-;45?,48-;/m11./s1. The van der Waals surface area contributed by atoms with Gasteiger partial charge in [0.1, 0.15) is 46.4 Å². The third kappa shape index (κ3) is 38.0. The van der Waals surface area contributed by atoms with Gasteiger partial charge in [0, 0.05) is 39.2 Å². The molecule has 18 heteroatoms. The molecule has 0 bridgehead atoms. The number of carbonyl (C=O) groups is 6. The number of benzene rings is 6. The van der Waals surface area contributed by atoms with Crippen molar-refractivity contribution >= 4 is 35.6 Å². The summed E-state index contributed by atoms with van der Waals surface area (Å²) in [6.45, 7) is 9.46. The van der Waals surface area contributed by atoms with E-state index < -0.39 is 41.3 Å². The smallest absolute Gasteiger partial charge is 0.306 e. The molecule has 2 saturated heterocycles. The van der Waals surface area contributed by atoms with Gasteiger partial charge in [0.05, 0.1) is 86.1 Å². The molecule has 0 saturated carbocycles. The molecule has 0 radical (unpaired) electrons. The minimum atomic E-state index is -1.07. The van der Waals surface area contributed by atoms with E-state index in [4.69, 9.17) is 43.0 Å². The first kappa shape index (κ1) is 105. The number of amides is 3. The monoisotopic (exact) mass is 1730 g/mol. The molecule has 692 valence electrons. The first-order valence-electron chi connectivity index (χ1n) is 48.5. The number of nitrogens with zero attached hydrogens (tertiary/aromatic N) is 2. The molecule has 125 heavy (non-hydrogen) atoms. The van der Waals surface area contributed by atoms with Gasteiger partial charge >= 0.3 is 17.9 Å². The van der Waals surface area contributed by atoms with Crippen LogP contribution in [0.2, 0.25) is 0 Å². The Morgan fingerprint density at radius 3 is 0.808 bits per heavy atom. The molecule has 18 nitrogen and oxygen atoms in total. The van der Waals surface area contributed by atoms with Crippen LogP contribution in [0.25, 0.3) is 0 Å². The Kier molecular flexibility index (Phi) is 53.1. The zero-order valence-electron chi connectivity index (χ0n) is 78.2. The van der Waals surface area contributed by atoms with E-state index in [1.807, 2.05) is 169 Å². The average Bonchev–Trinajstić information content (AvgIpc) is 0.839. The second kappa shape index (κ2) is 63.2. The molecule has 8 rings (SSSR count). The van der Waals surface area contributed by atoms with Crippen LogP contribution in [0.1, 0.15) is 356 Å². The van der Waals surface area contributed by atoms with Crippen molar-refractivity contribution in [3.63, 3.8) is 0 Å². The van der Waals surface area contributed by atoms with Gasteiger partial charge < -0.3 is 58.1 Å². The van der Waals surface area contributed by atoms with E-state index in [0.717, 1.165) is 94.9 Å². The lowest BCUT2D eigenvalue weighted by atomic mass is 9.80. The average molecular weight is 1730 g/mol. The number of methoxy groups -OCH3 is 4. The number of esters is 2. The highest BCUT2D eigenvalue weighted by atomic mass is 16.6. The molecule has 2 aliphatic heterocycles. The molecule has 2 heterocycles. The number of likely N-dealkylation sites (tertiary alicyclic amines) is 2. The zero-order chi connectivity index (χ0) is 89.8. The van der Waals surface area contributed by atoms with Gasteiger partial charge in [0.15, 0.2) is 0 Å². The van der Waals surface area contributed by atoms with Gasteiger partial charge in [-0.1, -0.05) is 368 Å². The molecule has 2 N–H and O–H groups in total. The Morgan fingerprint density at radius 1 is 0.328 bits per heavy atom. The van der Waals surface area contributed by atoms with Crippen molar-refractivity contribution in [3.05, 3.63) is 191 Å². The number of aliphatic carboxylic acids is 1. The molecule has 2 fully saturated rings. The SMILES string of the molecule is CC.CCCCCCCCCCCCCCCCCCCCCC(=O)N1C[C@H](OC(=O)CCC(=O)NC)CC1COC(c1ccccc1)(c1ccc(OC)cc1)c1ccc(OC)cc1.CCCCCCCCCCCCCCCCCCCCCC(=O)N1C[C@H](OC(=O)CCC(=O)O)CC1COC(c1ccccc1)(c1ccc(OC)cc1)c1ccc(OC)cc1. The van der Waals surface area contributed by atoms with Crippen LogP contribution in [0.3, 0.4) is 0 Å². The van der Waals surface area contributed by atoms with E-state index >= 15 is 0 Å². The number of hydrogen-bond donors (Lipinski definition) is 2. The molecule has 6 aromatic carbocycles. The van der Waals surface area contributed by atoms with Crippen molar-refractivity contribution < 1.29 is 71.8 Å². The molecule has 0 spiro atoms. The molecule has 6 aromatic rings. The Hall–Kier alpha value is -8.74. The van der Waals surface area contributed by atoms with E-state index in [1.165, 1.54) is 205 Å². The Balaban J connectivity index is 0.000000379. The second-order valence-corrected chi connectivity index (χ2v) is 34.0. The highest BCUT2D eigenvalue weighted by Gasteiger charge is 2.45. The third-order valence-electron chi connectivity index (χ3n) is 24.7. The fourth-order valence-corrected chi connectivity index (χ4v) is 17.5. The third-order valence-corrected chi connectivity index (χ3v) is 24.7. The summed E-state index contributed by atoms with van der Waals surface area (Å²) in [6.07, 6.45) is 49.5. The Morgan fingerprint density at radius 2 is 0.568 bits per heavy atom. The number of carboxylic acids is 1. The van der Waals surface area contributed by atoms with Gasteiger partial charge in [-0.25, -0.2) is 0 Å². The van der Waals surface area contributed by atoms with Crippen LogP contribution in [0.15, 0.2) is 158 Å². The number of hydrogen-bond acceptors (Lipinski definition) is 14. The minimum Gasteiger partial charge on any atom is -0.497 e. The lowest BCUT2D eigenvalue weighted by Gasteiger charge is -2.38. The molecule has 0 aromatic heterocycles. The van der Waals surface area contributed by atoms with Crippen molar-refractivity contribution in [2.75, 3.05) is 61.8 Å². The summed E-state index contributed by atoms with van der Waals surface area (Å²) in [4.78, 5) is 80.3. The molecular weight excluding hydrogens is 1570 g/mol. The van der Waals surface area contributed by atoms with Crippen LogP contribution in [-0.4, -0.2) is 137 Å². The highest BCUT2D eigenvalue weighted by Crippen LogP contribution is 2.45. The minimum absolute atomic E-state index is 0.0172. The quantitative estimate of drug-likeness (QED) is 0.0206. The van der Waals surface area contributed by atoms with Crippen LogP contribution in [0, 0.1) is 0 Å². The summed E-state index contributed by atoms with van der Waals surface area (Å²) >= 11 is 0. The summed E-state index contributed by atoms with van der Waals surface area (Å²) < 4.78 is 48.1. The maximum absolute atomic E-state index is 14.0. The number of ether oxygens (including phenoxy) is 8. The van der Waals surface area contributed by atoms with E-state index in [-0.39, 0.29) is 75.2 Å². The van der Waals surface area contributed by atoms with Crippen molar-refractivity contribution in [1.29, 1.82) is 0 Å². The zero-order valence-corrected chi connectivity index (χ0v) is 78.2. The maximum atomic E-state index is 14.0. The van der Waals surface area contributed by atoms with Crippen molar-refractivity contribution in [2.45, 2.75) is 359 Å². The predicted octanol–water partition coefficient (Wildman–Crippen LogP) is 25.1. The molecule has 3 amide bonds. The Labute approximate surface area is 752 Å². The van der Waals surface area contributed by atoms with Crippen LogP contribution < -0.4 is 24.3 Å². The highest BCUT2D eigenvalue weighted by molar-refractivity contribution is 5.81. The summed E-state index contributed by atoms with van der Waals surface area (Å²) in [6, 6.07) is 50.9. The topological polar surface area (TPSA) is 215 Å². The maximum Gasteiger partial charge on any atom is 0.306 e. The number of unbranched alkanes of at least 4 members (excludes halogenated alkanes) is 36. The molecular formula is C107H159N3O15. The van der Waals surface area contributed by atoms with Crippen molar-refractivity contribution in [2.24, 2.45) is 0 Å². The number of rotatable bonds is 64. The van der Waals surface area contributed by atoms with Gasteiger partial charge in [-0.05, 0) is 94.8 Å². The predicted molar refractivity (Wildman–Crippen MR) is 504 cm³/mol. The van der Waals surface area contributed by atoms with Crippen molar-refractivity contribution in [1.82, 2.24) is 15.1 Å². The first-order chi connectivity index (χ1) is 61.1. The Bertz CT molecular complexity index is 3750. The summed E-state index contributed by atoms with van der Waals surface area (Å²) in [5.41, 5.74) is 3.28. The summed E-state index contributed by atoms with van der Waals surface area (Å²) in [7, 11) is 8.12. The van der Waals surface area contributed by atoms with Crippen LogP contribution in [0.4, 0.5) is 0 Å². The largest absolute Gasteiger partial charge is 0.497 e. The van der Waals surface area contributed by atoms with Crippen LogP contribution >= 0.6 is 0 Å². The van der Waals surface area contributed by atoms with E-state index in [0.29, 0.717) is 32.2 Å². The fraction of sp³-hybridized carbons (Fsp3) is 0.607. The molecule has 2 aliphatic rings. The van der Waals surface area contributed by atoms with Gasteiger partial charge in [-0.3, -0.25) is 28.8 Å². The van der Waals surface area contributed by atoms with E-state index in [1.54, 1.807) is 35.5 Å². The summed E-state index contributed by atoms with van der Waals surface area (Å²) in [5.74, 6) is 0.675. The fourth-order valence-electron chi connectivity index (χ4n) is 17.5. The van der Waals surface area contributed by atoms with Gasteiger partial charge in [0.2, 0.25) is 17.7 Å². The van der Waals surface area contributed by atoms with Gasteiger partial charge in [-0.2, -0.15) is 0 Å². The molecule has 4 atom stereocenters. The lowest BCUT2D eigenvalue weighted by Crippen LogP contribution is -2.42. The van der Waals surface area contributed by atoms with Gasteiger partial charge in [-0.15, -0.1) is 0 Å². The second-order valence-electron chi connectivity index (χ2n) is 34.0. The number of nitrogens with one attached hydrogen (secondary N) is 1. The van der Waals surface area contributed by atoms with Crippen molar-refractivity contribution in [3.8, 4) is 23.0 Å². The summed E-state index contributed by atoms with van der Waals surface area (Å²) in [5, 5.41) is 11.7. The first-order valence-corrected chi connectivity index (χ1v) is 48.5. The van der Waals surface area contributed by atoms with E-state index in [2.05, 4.69) is 31.3 Å². The van der Waals surface area contributed by atoms with Crippen LogP contribution in [-0.2, 0) is 58.9 Å². The van der Waals surface area contributed by atoms with Gasteiger partial charge in [0.25, 0.3) is 0 Å². The van der Waals surface area contributed by atoms with E-state index in [9.17, 15) is 28.8 Å². The van der Waals surface area contributed by atoms with Crippen LogP contribution in [0.5, 0.6) is 23.0 Å². The number of carboxylic acid groups (broad SMARTS) is 1. The lowest BCUT2D eigenvalue weighted by molar-refractivity contribution is -0.152. The molecule has 2 unspecified atom stereocenters. The molecule has 0 aliphatic carbocycles.